The first-order valence-corrected chi connectivity index (χ1v) is 6.22. The minimum Gasteiger partial charge on any atom is -0.0955 e. The summed E-state index contributed by atoms with van der Waals surface area (Å²) >= 11 is 0. The topological polar surface area (TPSA) is 0 Å². The zero-order chi connectivity index (χ0) is 12.0. The summed E-state index contributed by atoms with van der Waals surface area (Å²) in [6.07, 6.45) is 6.18. The quantitative estimate of drug-likeness (QED) is 0.608. The van der Waals surface area contributed by atoms with Gasteiger partial charge >= 0.3 is 0 Å². The van der Waals surface area contributed by atoms with Crippen LogP contribution in [-0.2, 0) is 0 Å². The number of hydrogen-bond acceptors (Lipinski definition) is 0. The molecule has 0 aliphatic heterocycles. The van der Waals surface area contributed by atoms with Crippen LogP contribution in [0.5, 0.6) is 0 Å². The summed E-state index contributed by atoms with van der Waals surface area (Å²) in [7, 11) is 1.21. The van der Waals surface area contributed by atoms with E-state index in [0.29, 0.717) is 0 Å². The molecule has 0 saturated heterocycles. The van der Waals surface area contributed by atoms with Gasteiger partial charge in [0.25, 0.3) is 0 Å². The highest BCUT2D eigenvalue weighted by Gasteiger charge is 1.95. The summed E-state index contributed by atoms with van der Waals surface area (Å²) in [6, 6.07) is 6.19. The van der Waals surface area contributed by atoms with Crippen LogP contribution < -0.4 is 0 Å². The maximum Gasteiger partial charge on any atom is 0.00842 e. The molecule has 1 heterocycles. The molecule has 0 spiro atoms. The van der Waals surface area contributed by atoms with Gasteiger partial charge in [-0.3, -0.25) is 0 Å². The van der Waals surface area contributed by atoms with Gasteiger partial charge in [0.05, 0.1) is 0 Å². The van der Waals surface area contributed by atoms with E-state index in [9.17, 15) is 0 Å². The van der Waals surface area contributed by atoms with Crippen molar-refractivity contribution in [2.75, 3.05) is 0 Å². The second-order valence-electron chi connectivity index (χ2n) is 3.60. The van der Waals surface area contributed by atoms with E-state index >= 15 is 0 Å². The van der Waals surface area contributed by atoms with E-state index in [2.05, 4.69) is 43.3 Å². The van der Waals surface area contributed by atoms with Crippen LogP contribution in [0.25, 0.3) is 5.57 Å². The van der Waals surface area contributed by atoms with Gasteiger partial charge in [-0.15, -0.1) is 0 Å². The van der Waals surface area contributed by atoms with E-state index in [1.165, 1.54) is 13.5 Å². The van der Waals surface area contributed by atoms with Crippen LogP contribution in [0.15, 0.2) is 66.5 Å². The molecule has 0 nitrogen and oxygen atoms in total. The Balaban J connectivity index is 2.80. The third-order valence-corrected chi connectivity index (χ3v) is 3.30. The predicted molar refractivity (Wildman–Crippen MR) is 75.7 cm³/mol. The van der Waals surface area contributed by atoms with Gasteiger partial charge in [-0.25, -0.2) is 0 Å². The molecule has 0 fully saturated rings. The van der Waals surface area contributed by atoms with Gasteiger partial charge in [0.15, 0.2) is 0 Å². The van der Waals surface area contributed by atoms with Crippen molar-refractivity contribution in [1.82, 2.24) is 0 Å². The fourth-order valence-corrected chi connectivity index (χ4v) is 2.07. The largest absolute Gasteiger partial charge is 0.0955 e. The van der Waals surface area contributed by atoms with Crippen LogP contribution in [0.1, 0.15) is 19.1 Å². The third kappa shape index (κ3) is 3.64. The standard InChI is InChI=1S/C15H17P/c1-5-14(12(2)3)10-9-13(4)15-8-6-7-11-16-15/h5-11H,2,4H2,1,3H3/b10-9-,14-5+. The predicted octanol–water partition coefficient (Wildman–Crippen LogP) is 5.36. The highest BCUT2D eigenvalue weighted by molar-refractivity contribution is 7.30. The molecule has 82 valence electrons. The number of hydrogen-bond donors (Lipinski definition) is 0. The molecule has 0 bridgehead atoms. The van der Waals surface area contributed by atoms with Crippen LogP contribution in [0, 0.1) is 0 Å². The molecule has 1 rings (SSSR count). The second-order valence-corrected chi connectivity index (χ2v) is 4.64. The van der Waals surface area contributed by atoms with E-state index in [0.717, 1.165) is 16.7 Å². The van der Waals surface area contributed by atoms with Gasteiger partial charge in [-0.05, 0) is 36.9 Å². The highest BCUT2D eigenvalue weighted by atomic mass is 31.0. The van der Waals surface area contributed by atoms with E-state index in [-0.39, 0.29) is 0 Å². The first kappa shape index (κ1) is 12.7. The lowest BCUT2D eigenvalue weighted by Gasteiger charge is -2.01. The van der Waals surface area contributed by atoms with E-state index < -0.39 is 0 Å². The lowest BCUT2D eigenvalue weighted by atomic mass is 10.1. The maximum absolute atomic E-state index is 4.07. The fourth-order valence-electron chi connectivity index (χ4n) is 1.31. The first-order chi connectivity index (χ1) is 7.65. The van der Waals surface area contributed by atoms with Gasteiger partial charge in [0, 0.05) is 5.30 Å². The average molecular weight is 228 g/mol. The Kier molecular flexibility index (Phi) is 4.95. The molecular formula is C15H17P. The van der Waals surface area contributed by atoms with Crippen molar-refractivity contribution in [2.24, 2.45) is 0 Å². The Morgan fingerprint density at radius 3 is 2.50 bits per heavy atom. The second kappa shape index (κ2) is 6.25. The molecule has 1 heteroatoms. The smallest absolute Gasteiger partial charge is 0.00842 e. The van der Waals surface area contributed by atoms with Crippen LogP contribution >= 0.6 is 8.19 Å². The average Bonchev–Trinajstić information content (AvgIpc) is 2.30. The van der Waals surface area contributed by atoms with Crippen molar-refractivity contribution in [3.8, 4) is 0 Å². The Morgan fingerprint density at radius 1 is 1.25 bits per heavy atom. The SMILES string of the molecule is C=C(C)C(/C=C\C(=C)c1ccccp1)=C/C. The molecular weight excluding hydrogens is 211 g/mol. The Labute approximate surface area is 99.8 Å². The molecule has 0 aliphatic carbocycles. The van der Waals surface area contributed by atoms with Crippen molar-refractivity contribution in [3.63, 3.8) is 0 Å². The van der Waals surface area contributed by atoms with Crippen LogP contribution in [0.2, 0.25) is 0 Å². The number of rotatable bonds is 4. The molecule has 1 aromatic heterocycles. The molecule has 0 amide bonds. The summed E-state index contributed by atoms with van der Waals surface area (Å²) in [5.41, 5.74) is 3.30. The molecule has 0 radical (unpaired) electrons. The molecule has 0 unspecified atom stereocenters. The minimum absolute atomic E-state index is 1.06. The maximum atomic E-state index is 4.07. The highest BCUT2D eigenvalue weighted by Crippen LogP contribution is 2.23. The van der Waals surface area contributed by atoms with Crippen molar-refractivity contribution >= 4 is 13.8 Å². The minimum atomic E-state index is 1.06. The molecule has 0 aromatic carbocycles. The van der Waals surface area contributed by atoms with Gasteiger partial charge in [0.2, 0.25) is 0 Å². The molecule has 1 aromatic rings. The third-order valence-electron chi connectivity index (χ3n) is 2.26. The molecule has 0 saturated carbocycles. The summed E-state index contributed by atoms with van der Waals surface area (Å²) in [6.45, 7) is 12.0. The summed E-state index contributed by atoms with van der Waals surface area (Å²) < 4.78 is 0. The summed E-state index contributed by atoms with van der Waals surface area (Å²) in [4.78, 5) is 0. The lowest BCUT2D eigenvalue weighted by Crippen LogP contribution is -1.79. The zero-order valence-corrected chi connectivity index (χ0v) is 10.8. The van der Waals surface area contributed by atoms with Crippen molar-refractivity contribution in [3.05, 3.63) is 71.8 Å². The van der Waals surface area contributed by atoms with Crippen molar-refractivity contribution in [1.29, 1.82) is 0 Å². The summed E-state index contributed by atoms with van der Waals surface area (Å²) in [5, 5.41) is 1.25. The normalized spacial score (nSPS) is 12.2. The van der Waals surface area contributed by atoms with Crippen LogP contribution in [0.4, 0.5) is 0 Å². The molecule has 0 atom stereocenters. The van der Waals surface area contributed by atoms with Crippen molar-refractivity contribution in [2.45, 2.75) is 13.8 Å². The van der Waals surface area contributed by atoms with E-state index in [4.69, 9.17) is 0 Å². The first-order valence-electron chi connectivity index (χ1n) is 5.25. The monoisotopic (exact) mass is 228 g/mol. The van der Waals surface area contributed by atoms with Gasteiger partial charge in [-0.1, -0.05) is 57.3 Å². The number of allylic oxidation sites excluding steroid dienone is 6. The van der Waals surface area contributed by atoms with E-state index in [1.807, 2.05) is 26.0 Å². The molecule has 0 N–H and O–H groups in total. The van der Waals surface area contributed by atoms with Crippen molar-refractivity contribution < 1.29 is 0 Å². The molecule has 0 aliphatic rings. The lowest BCUT2D eigenvalue weighted by molar-refractivity contribution is 1.43. The van der Waals surface area contributed by atoms with E-state index in [1.54, 1.807) is 0 Å². The Hall–Kier alpha value is -1.39. The van der Waals surface area contributed by atoms with Crippen LogP contribution in [0.3, 0.4) is 0 Å². The summed E-state index contributed by atoms with van der Waals surface area (Å²) in [5.74, 6) is 2.11. The zero-order valence-electron chi connectivity index (χ0n) is 9.90. The van der Waals surface area contributed by atoms with Gasteiger partial charge in [0.1, 0.15) is 0 Å². The Bertz CT molecular complexity index is 436. The Morgan fingerprint density at radius 2 is 2.00 bits per heavy atom. The fraction of sp³-hybridized carbons (Fsp3) is 0.133. The van der Waals surface area contributed by atoms with Gasteiger partial charge < -0.3 is 0 Å². The van der Waals surface area contributed by atoms with Crippen LogP contribution in [-0.4, -0.2) is 0 Å². The molecule has 16 heavy (non-hydrogen) atoms. The van der Waals surface area contributed by atoms with Gasteiger partial charge in [-0.2, -0.15) is 0 Å².